The lowest BCUT2D eigenvalue weighted by Crippen LogP contribution is -2.25. The van der Waals surface area contributed by atoms with E-state index in [9.17, 15) is 0 Å². The van der Waals surface area contributed by atoms with E-state index in [1.807, 2.05) is 0 Å². The van der Waals surface area contributed by atoms with E-state index in [4.69, 9.17) is 23.2 Å². The largest absolute Gasteiger partial charge is 0.132 e. The van der Waals surface area contributed by atoms with Crippen LogP contribution in [0.3, 0.4) is 0 Å². The fraction of sp³-hybridized carbons (Fsp3) is 0.667. The summed E-state index contributed by atoms with van der Waals surface area (Å²) in [5.41, 5.74) is 1.36. The second kappa shape index (κ2) is 5.07. The standard InChI is InChI=1S/C12H16Cl2S/c1-8-2-3-11(13)10(4-8)5-9-6-12(14)15-7-9/h6-8,10-11H,2-5H2,1H3. The Hall–Kier alpha value is 0.280. The Bertz CT molecular complexity index is 321. The zero-order chi connectivity index (χ0) is 10.8. The molecule has 0 amide bonds. The molecule has 0 spiro atoms. The van der Waals surface area contributed by atoms with Gasteiger partial charge in [0.15, 0.2) is 0 Å². The molecule has 0 aliphatic heterocycles. The van der Waals surface area contributed by atoms with Crippen molar-refractivity contribution in [1.29, 1.82) is 0 Å². The fourth-order valence-corrected chi connectivity index (χ4v) is 3.67. The first-order valence-corrected chi connectivity index (χ1v) is 7.21. The first-order chi connectivity index (χ1) is 7.15. The van der Waals surface area contributed by atoms with Crippen molar-refractivity contribution >= 4 is 34.5 Å². The van der Waals surface area contributed by atoms with Crippen molar-refractivity contribution in [2.75, 3.05) is 0 Å². The molecule has 3 unspecified atom stereocenters. The molecule has 1 heterocycles. The molecule has 3 atom stereocenters. The van der Waals surface area contributed by atoms with Gasteiger partial charge in [-0.3, -0.25) is 0 Å². The van der Waals surface area contributed by atoms with E-state index in [2.05, 4.69) is 18.4 Å². The summed E-state index contributed by atoms with van der Waals surface area (Å²) in [6, 6.07) is 2.08. The van der Waals surface area contributed by atoms with Gasteiger partial charge in [0, 0.05) is 5.38 Å². The summed E-state index contributed by atoms with van der Waals surface area (Å²) in [6.45, 7) is 2.33. The average molecular weight is 263 g/mol. The first kappa shape index (κ1) is 11.8. The highest BCUT2D eigenvalue weighted by atomic mass is 35.5. The summed E-state index contributed by atoms with van der Waals surface area (Å²) < 4.78 is 0.889. The van der Waals surface area contributed by atoms with E-state index in [-0.39, 0.29) is 0 Å². The van der Waals surface area contributed by atoms with Crippen molar-refractivity contribution in [2.24, 2.45) is 11.8 Å². The maximum Gasteiger partial charge on any atom is 0.0931 e. The van der Waals surface area contributed by atoms with Crippen molar-refractivity contribution in [3.05, 3.63) is 21.3 Å². The third kappa shape index (κ3) is 3.12. The molecule has 0 aromatic carbocycles. The average Bonchev–Trinajstić information content (AvgIpc) is 2.58. The minimum absolute atomic E-state index is 0.361. The van der Waals surface area contributed by atoms with Crippen molar-refractivity contribution in [2.45, 2.75) is 38.0 Å². The molecular weight excluding hydrogens is 247 g/mol. The van der Waals surface area contributed by atoms with E-state index in [1.165, 1.54) is 24.8 Å². The Morgan fingerprint density at radius 3 is 2.93 bits per heavy atom. The van der Waals surface area contributed by atoms with Gasteiger partial charge in [-0.25, -0.2) is 0 Å². The number of halogens is 2. The zero-order valence-corrected chi connectivity index (χ0v) is 11.2. The number of hydrogen-bond acceptors (Lipinski definition) is 1. The normalized spacial score (nSPS) is 31.8. The summed E-state index contributed by atoms with van der Waals surface area (Å²) in [7, 11) is 0. The topological polar surface area (TPSA) is 0 Å². The monoisotopic (exact) mass is 262 g/mol. The molecule has 0 bridgehead atoms. The maximum atomic E-state index is 6.38. The van der Waals surface area contributed by atoms with Gasteiger partial charge in [0.1, 0.15) is 0 Å². The Morgan fingerprint density at radius 2 is 2.27 bits per heavy atom. The minimum Gasteiger partial charge on any atom is -0.132 e. The van der Waals surface area contributed by atoms with E-state index >= 15 is 0 Å². The third-order valence-electron chi connectivity index (χ3n) is 3.27. The Labute approximate surface area is 106 Å². The van der Waals surface area contributed by atoms with Gasteiger partial charge in [-0.1, -0.05) is 18.5 Å². The minimum atomic E-state index is 0.361. The van der Waals surface area contributed by atoms with Crippen LogP contribution in [0.25, 0.3) is 0 Å². The van der Waals surface area contributed by atoms with Crippen LogP contribution >= 0.6 is 34.5 Å². The highest BCUT2D eigenvalue weighted by Crippen LogP contribution is 2.35. The van der Waals surface area contributed by atoms with Crippen molar-refractivity contribution in [3.63, 3.8) is 0 Å². The molecule has 1 aliphatic rings. The van der Waals surface area contributed by atoms with Crippen molar-refractivity contribution < 1.29 is 0 Å². The number of hydrogen-bond donors (Lipinski definition) is 0. The van der Waals surface area contributed by atoms with Crippen LogP contribution in [-0.4, -0.2) is 5.38 Å². The van der Waals surface area contributed by atoms with Gasteiger partial charge in [0.25, 0.3) is 0 Å². The van der Waals surface area contributed by atoms with Gasteiger partial charge in [0.2, 0.25) is 0 Å². The van der Waals surface area contributed by atoms with Gasteiger partial charge in [-0.2, -0.15) is 0 Å². The Morgan fingerprint density at radius 1 is 1.47 bits per heavy atom. The summed E-state index contributed by atoms with van der Waals surface area (Å²) in [4.78, 5) is 0. The van der Waals surface area contributed by atoms with Gasteiger partial charge < -0.3 is 0 Å². The molecule has 0 saturated heterocycles. The van der Waals surface area contributed by atoms with Crippen LogP contribution in [0.2, 0.25) is 4.34 Å². The lowest BCUT2D eigenvalue weighted by atomic mass is 9.79. The fourth-order valence-electron chi connectivity index (χ4n) is 2.43. The number of thiophene rings is 1. The summed E-state index contributed by atoms with van der Waals surface area (Å²) in [6.07, 6.45) is 4.82. The second-order valence-corrected chi connectivity index (χ2v) is 6.76. The molecule has 1 saturated carbocycles. The molecule has 1 fully saturated rings. The van der Waals surface area contributed by atoms with E-state index in [0.717, 1.165) is 16.7 Å². The molecule has 3 heteroatoms. The predicted octanol–water partition coefficient (Wildman–Crippen LogP) is 4.99. The molecule has 15 heavy (non-hydrogen) atoms. The lowest BCUT2D eigenvalue weighted by Gasteiger charge is -2.31. The second-order valence-electron chi connectivity index (χ2n) is 4.66. The Kier molecular flexibility index (Phi) is 3.98. The summed E-state index contributed by atoms with van der Waals surface area (Å²) in [5, 5.41) is 2.52. The Balaban J connectivity index is 1.98. The zero-order valence-electron chi connectivity index (χ0n) is 8.88. The SMILES string of the molecule is CC1CCC(Cl)C(Cc2csc(Cl)c2)C1. The third-order valence-corrected chi connectivity index (χ3v) is 4.99. The maximum absolute atomic E-state index is 6.38. The van der Waals surface area contributed by atoms with Gasteiger partial charge in [0.05, 0.1) is 4.34 Å². The summed E-state index contributed by atoms with van der Waals surface area (Å²) >= 11 is 13.9. The quantitative estimate of drug-likeness (QED) is 0.659. The van der Waals surface area contributed by atoms with Crippen molar-refractivity contribution in [3.8, 4) is 0 Å². The molecule has 1 aliphatic carbocycles. The van der Waals surface area contributed by atoms with Crippen molar-refractivity contribution in [1.82, 2.24) is 0 Å². The lowest BCUT2D eigenvalue weighted by molar-refractivity contribution is 0.287. The van der Waals surface area contributed by atoms with E-state index in [0.29, 0.717) is 11.3 Å². The molecule has 0 nitrogen and oxygen atoms in total. The molecule has 1 aromatic heterocycles. The highest BCUT2D eigenvalue weighted by Gasteiger charge is 2.27. The predicted molar refractivity (Wildman–Crippen MR) is 69.2 cm³/mol. The van der Waals surface area contributed by atoms with Crippen LogP contribution in [0.15, 0.2) is 11.4 Å². The van der Waals surface area contributed by atoms with Crippen LogP contribution in [0.1, 0.15) is 31.7 Å². The van der Waals surface area contributed by atoms with E-state index in [1.54, 1.807) is 11.3 Å². The van der Waals surface area contributed by atoms with Crippen LogP contribution in [-0.2, 0) is 6.42 Å². The summed E-state index contributed by atoms with van der Waals surface area (Å²) in [5.74, 6) is 1.47. The smallest absolute Gasteiger partial charge is 0.0931 e. The first-order valence-electron chi connectivity index (χ1n) is 5.52. The van der Waals surface area contributed by atoms with E-state index < -0.39 is 0 Å². The number of alkyl halides is 1. The van der Waals surface area contributed by atoms with Crippen LogP contribution in [0.4, 0.5) is 0 Å². The molecule has 0 radical (unpaired) electrons. The van der Waals surface area contributed by atoms with Crippen LogP contribution < -0.4 is 0 Å². The van der Waals surface area contributed by atoms with Crippen LogP contribution in [0.5, 0.6) is 0 Å². The van der Waals surface area contributed by atoms with Gasteiger partial charge >= 0.3 is 0 Å². The van der Waals surface area contributed by atoms with Gasteiger partial charge in [-0.15, -0.1) is 22.9 Å². The highest BCUT2D eigenvalue weighted by molar-refractivity contribution is 7.14. The van der Waals surface area contributed by atoms with Gasteiger partial charge in [-0.05, 0) is 54.5 Å². The molecular formula is C12H16Cl2S. The molecule has 84 valence electrons. The van der Waals surface area contributed by atoms with Crippen LogP contribution in [0, 0.1) is 11.8 Å². The molecule has 0 N–H and O–H groups in total. The molecule has 1 aromatic rings. The number of rotatable bonds is 2. The molecule has 2 rings (SSSR count).